The lowest BCUT2D eigenvalue weighted by atomic mass is 9.70. The first-order valence-electron chi connectivity index (χ1n) is 3.85. The summed E-state index contributed by atoms with van der Waals surface area (Å²) in [4.78, 5) is 0. The fraction of sp³-hybridized carbons (Fsp3) is 0.333. The van der Waals surface area contributed by atoms with Crippen molar-refractivity contribution in [2.24, 2.45) is 0 Å². The lowest BCUT2D eigenvalue weighted by Crippen LogP contribution is -2.16. The molecule has 0 nitrogen and oxygen atoms in total. The predicted octanol–water partition coefficient (Wildman–Crippen LogP) is 1.77. The molecule has 0 N–H and O–H groups in total. The first kappa shape index (κ1) is 8.31. The van der Waals surface area contributed by atoms with Gasteiger partial charge < -0.3 is 7.28 Å². The van der Waals surface area contributed by atoms with E-state index in [0.717, 1.165) is 11.9 Å². The molecular weight excluding hydrogens is 138 g/mol. The second kappa shape index (κ2) is 3.56. The topological polar surface area (TPSA) is 0 Å². The third-order valence-electron chi connectivity index (χ3n) is 1.80. The Kier molecular flexibility index (Phi) is 2.69. The summed E-state index contributed by atoms with van der Waals surface area (Å²) >= 11 is 0. The number of aryl methyl sites for hydroxylation is 1. The summed E-state index contributed by atoms with van der Waals surface area (Å²) in [5.74, 6) is -0.157. The molecule has 0 saturated heterocycles. The third-order valence-corrected chi connectivity index (χ3v) is 1.80. The van der Waals surface area contributed by atoms with E-state index in [1.807, 2.05) is 20.2 Å². The molecule has 0 aliphatic heterocycles. The molecule has 0 aromatic heterocycles. The molecule has 0 spiro atoms. The van der Waals surface area contributed by atoms with Crippen LogP contribution < -0.4 is 5.46 Å². The van der Waals surface area contributed by atoms with Gasteiger partial charge in [-0.05, 0) is 12.5 Å². The van der Waals surface area contributed by atoms with Crippen LogP contribution in [0.4, 0.5) is 4.39 Å². The molecule has 0 atom stereocenters. The van der Waals surface area contributed by atoms with Gasteiger partial charge in [-0.2, -0.15) is 0 Å². The van der Waals surface area contributed by atoms with Crippen LogP contribution >= 0.6 is 0 Å². The van der Waals surface area contributed by atoms with E-state index in [-0.39, 0.29) is 5.82 Å². The highest BCUT2D eigenvalue weighted by atomic mass is 19.1. The minimum Gasteiger partial charge on any atom is -0.301 e. The van der Waals surface area contributed by atoms with Gasteiger partial charge in [0.1, 0.15) is 5.82 Å². The molecule has 0 bridgehead atoms. The zero-order valence-electron chi connectivity index (χ0n) is 6.89. The quantitative estimate of drug-likeness (QED) is 0.562. The van der Waals surface area contributed by atoms with Crippen LogP contribution in [0.3, 0.4) is 0 Å². The van der Waals surface area contributed by atoms with Crippen molar-refractivity contribution in [2.45, 2.75) is 20.2 Å². The van der Waals surface area contributed by atoms with Gasteiger partial charge >= 0.3 is 0 Å². The summed E-state index contributed by atoms with van der Waals surface area (Å²) in [6.07, 6.45) is 0.958. The minimum absolute atomic E-state index is 0.157. The van der Waals surface area contributed by atoms with Crippen molar-refractivity contribution in [3.8, 4) is 0 Å². The van der Waals surface area contributed by atoms with Gasteiger partial charge in [-0.1, -0.05) is 24.6 Å². The summed E-state index contributed by atoms with van der Waals surface area (Å²) in [5.41, 5.74) is 2.21. The molecule has 2 radical (unpaired) electrons. The van der Waals surface area contributed by atoms with E-state index in [4.69, 9.17) is 0 Å². The molecule has 0 saturated carbocycles. The number of halogens is 1. The zero-order chi connectivity index (χ0) is 8.27. The van der Waals surface area contributed by atoms with Crippen LogP contribution in [0.25, 0.3) is 0 Å². The van der Waals surface area contributed by atoms with Gasteiger partial charge in [-0.3, -0.25) is 5.46 Å². The molecule has 0 fully saturated rings. The Morgan fingerprint density at radius 2 is 2.18 bits per heavy atom. The molecule has 1 rings (SSSR count). The van der Waals surface area contributed by atoms with Crippen LogP contribution in [0.15, 0.2) is 18.2 Å². The molecule has 58 valence electrons. The van der Waals surface area contributed by atoms with Gasteiger partial charge in [-0.25, -0.2) is 11.2 Å². The van der Waals surface area contributed by atoms with Gasteiger partial charge in [0, 0.05) is 0 Å². The molecule has 1 aromatic carbocycles. The van der Waals surface area contributed by atoms with Crippen LogP contribution in [-0.4, -0.2) is 7.28 Å². The average molecular weight is 149 g/mol. The number of rotatable bonds is 2. The highest BCUT2D eigenvalue weighted by molar-refractivity contribution is 6.52. The Hall–Kier alpha value is -0.785. The van der Waals surface area contributed by atoms with E-state index < -0.39 is 0 Å². The van der Waals surface area contributed by atoms with Crippen molar-refractivity contribution < 1.29 is 4.39 Å². The summed E-state index contributed by atoms with van der Waals surface area (Å²) in [7, 11) is 1.93. The molecule has 0 amide bonds. The Bertz CT molecular complexity index is 245. The number of benzene rings is 1. The first-order valence-corrected chi connectivity index (χ1v) is 3.85. The van der Waals surface area contributed by atoms with E-state index in [1.165, 1.54) is 11.6 Å². The molecule has 0 aliphatic carbocycles. The van der Waals surface area contributed by atoms with Gasteiger partial charge in [-0.15, -0.1) is 0 Å². The highest BCUT2D eigenvalue weighted by Gasteiger charge is 1.91. The van der Waals surface area contributed by atoms with E-state index in [0.29, 0.717) is 0 Å². The van der Waals surface area contributed by atoms with Crippen LogP contribution in [0.1, 0.15) is 12.5 Å². The maximum Gasteiger partial charge on any atom is 0.119 e. The van der Waals surface area contributed by atoms with Crippen molar-refractivity contribution in [1.29, 1.82) is 0 Å². The van der Waals surface area contributed by atoms with Gasteiger partial charge in [0.2, 0.25) is 0 Å². The fourth-order valence-electron chi connectivity index (χ4n) is 1.16. The molecule has 0 unspecified atom stereocenters. The predicted molar refractivity (Wildman–Crippen MR) is 47.0 cm³/mol. The molecule has 1 aromatic rings. The van der Waals surface area contributed by atoms with Gasteiger partial charge in [0.15, 0.2) is 0 Å². The van der Waals surface area contributed by atoms with Crippen molar-refractivity contribution >= 4 is 12.7 Å². The van der Waals surface area contributed by atoms with E-state index in [1.54, 1.807) is 6.07 Å². The smallest absolute Gasteiger partial charge is 0.119 e. The van der Waals surface area contributed by atoms with Crippen molar-refractivity contribution in [2.75, 3.05) is 0 Å². The van der Waals surface area contributed by atoms with Crippen LogP contribution in [-0.2, 0) is 6.42 Å². The standard InChI is InChI=1S/C9H11BF/c1-3-7-4-5-8(11)6-9(7)10-2/h4-6H,3H2,1-2H3/q-1. The van der Waals surface area contributed by atoms with Crippen LogP contribution in [0.2, 0.25) is 6.82 Å². The largest absolute Gasteiger partial charge is 0.301 e. The summed E-state index contributed by atoms with van der Waals surface area (Å²) in [5, 5.41) is 0. The Balaban J connectivity index is 3.06. The monoisotopic (exact) mass is 149 g/mol. The maximum absolute atomic E-state index is 12.7. The molecular formula is C9H11BF-. The maximum atomic E-state index is 12.7. The van der Waals surface area contributed by atoms with Crippen LogP contribution in [0.5, 0.6) is 0 Å². The Morgan fingerprint density at radius 3 is 2.73 bits per heavy atom. The third kappa shape index (κ3) is 1.82. The van der Waals surface area contributed by atoms with E-state index >= 15 is 0 Å². The average Bonchev–Trinajstić information content (AvgIpc) is 2.04. The van der Waals surface area contributed by atoms with Crippen molar-refractivity contribution in [1.82, 2.24) is 0 Å². The summed E-state index contributed by atoms with van der Waals surface area (Å²) in [6.45, 7) is 3.99. The molecule has 2 heteroatoms. The molecule has 11 heavy (non-hydrogen) atoms. The van der Waals surface area contributed by atoms with Crippen LogP contribution in [0, 0.1) is 5.82 Å². The normalized spacial score (nSPS) is 10.1. The van der Waals surface area contributed by atoms with Crippen molar-refractivity contribution in [3.05, 3.63) is 29.6 Å². The lowest BCUT2D eigenvalue weighted by molar-refractivity contribution is 0.628. The van der Waals surface area contributed by atoms with Gasteiger partial charge in [0.25, 0.3) is 0 Å². The second-order valence-electron chi connectivity index (χ2n) is 2.49. The van der Waals surface area contributed by atoms with E-state index in [2.05, 4.69) is 6.92 Å². The summed E-state index contributed by atoms with van der Waals surface area (Å²) in [6, 6.07) is 4.91. The zero-order valence-corrected chi connectivity index (χ0v) is 6.89. The molecule has 0 heterocycles. The van der Waals surface area contributed by atoms with Crippen molar-refractivity contribution in [3.63, 3.8) is 0 Å². The molecule has 0 aliphatic rings. The Morgan fingerprint density at radius 1 is 1.45 bits per heavy atom. The number of hydrogen-bond donors (Lipinski definition) is 0. The SMILES string of the molecule is C[B-]c1cc(F)ccc1CC. The summed E-state index contributed by atoms with van der Waals surface area (Å²) < 4.78 is 12.7. The highest BCUT2D eigenvalue weighted by Crippen LogP contribution is 2.00. The van der Waals surface area contributed by atoms with E-state index in [9.17, 15) is 4.39 Å². The number of hydrogen-bond acceptors (Lipinski definition) is 0. The first-order chi connectivity index (χ1) is 5.27. The fourth-order valence-corrected chi connectivity index (χ4v) is 1.16. The second-order valence-corrected chi connectivity index (χ2v) is 2.49. The minimum atomic E-state index is -0.157. The van der Waals surface area contributed by atoms with Gasteiger partial charge in [0.05, 0.1) is 0 Å². The lowest BCUT2D eigenvalue weighted by Gasteiger charge is -2.15. The Labute approximate surface area is 67.7 Å².